The number of pyridine rings is 1. The summed E-state index contributed by atoms with van der Waals surface area (Å²) in [7, 11) is 1.48. The van der Waals surface area contributed by atoms with Crippen molar-refractivity contribution >= 4 is 17.6 Å². The molecule has 0 radical (unpaired) electrons. The van der Waals surface area contributed by atoms with E-state index in [2.05, 4.69) is 6.07 Å². The van der Waals surface area contributed by atoms with Crippen molar-refractivity contribution in [2.75, 3.05) is 20.3 Å². The van der Waals surface area contributed by atoms with E-state index in [0.29, 0.717) is 47.1 Å². The fourth-order valence-electron chi connectivity index (χ4n) is 3.97. The molecule has 0 N–H and O–H groups in total. The van der Waals surface area contributed by atoms with E-state index in [9.17, 15) is 14.9 Å². The average molecular weight is 473 g/mol. The fraction of sp³-hybridized carbons (Fsp3) is 0.480. The quantitative estimate of drug-likeness (QED) is 0.563. The third-order valence-electron chi connectivity index (χ3n) is 5.57. The number of hydrogen-bond acceptors (Lipinski definition) is 6. The van der Waals surface area contributed by atoms with Gasteiger partial charge in [-0.1, -0.05) is 11.6 Å². The highest BCUT2D eigenvalue weighted by Gasteiger charge is 2.31. The Morgan fingerprint density at radius 1 is 1.27 bits per heavy atom. The van der Waals surface area contributed by atoms with Gasteiger partial charge in [0.25, 0.3) is 5.56 Å². The monoisotopic (exact) mass is 472 g/mol. The van der Waals surface area contributed by atoms with Gasteiger partial charge in [-0.15, -0.1) is 0 Å². The van der Waals surface area contributed by atoms with Gasteiger partial charge >= 0.3 is 5.97 Å². The van der Waals surface area contributed by atoms with Gasteiger partial charge in [0.1, 0.15) is 17.4 Å². The number of halogens is 1. The molecule has 3 rings (SSSR count). The normalized spacial score (nSPS) is 15.5. The minimum Gasteiger partial charge on any atom is -0.495 e. The molecule has 176 valence electrons. The van der Waals surface area contributed by atoms with Crippen LogP contribution in [0.3, 0.4) is 0 Å². The topological polar surface area (TPSA) is 90.5 Å². The molecule has 0 amide bonds. The number of methoxy groups -OCH3 is 1. The molecule has 1 saturated heterocycles. The van der Waals surface area contributed by atoms with Crippen LogP contribution in [0.5, 0.6) is 5.75 Å². The highest BCUT2D eigenvalue weighted by Crippen LogP contribution is 2.34. The van der Waals surface area contributed by atoms with Gasteiger partial charge < -0.3 is 14.2 Å². The Bertz CT molecular complexity index is 1110. The summed E-state index contributed by atoms with van der Waals surface area (Å²) in [5.41, 5.74) is 0.204. The van der Waals surface area contributed by atoms with Crippen LogP contribution in [0, 0.1) is 17.2 Å². The largest absolute Gasteiger partial charge is 0.495 e. The second-order valence-electron chi connectivity index (χ2n) is 9.14. The van der Waals surface area contributed by atoms with Gasteiger partial charge in [0.15, 0.2) is 0 Å². The summed E-state index contributed by atoms with van der Waals surface area (Å²) in [6.07, 6.45) is 3.61. The Balaban J connectivity index is 2.09. The van der Waals surface area contributed by atoms with Crippen molar-refractivity contribution in [3.63, 3.8) is 0 Å². The first-order valence-electron chi connectivity index (χ1n) is 10.9. The minimum absolute atomic E-state index is 0.229. The van der Waals surface area contributed by atoms with Gasteiger partial charge in [-0.3, -0.25) is 9.36 Å². The molecule has 33 heavy (non-hydrogen) atoms. The molecule has 1 fully saturated rings. The molecule has 8 heteroatoms. The zero-order chi connectivity index (χ0) is 24.2. The average Bonchev–Trinajstić information content (AvgIpc) is 2.77. The van der Waals surface area contributed by atoms with Crippen LogP contribution in [0.25, 0.3) is 11.1 Å². The van der Waals surface area contributed by atoms with Crippen LogP contribution >= 0.6 is 11.6 Å². The summed E-state index contributed by atoms with van der Waals surface area (Å²) in [4.78, 5) is 26.4. The minimum atomic E-state index is -0.808. The van der Waals surface area contributed by atoms with Crippen molar-refractivity contribution in [2.45, 2.75) is 51.7 Å². The predicted molar refractivity (Wildman–Crippen MR) is 125 cm³/mol. The molecule has 0 aliphatic carbocycles. The summed E-state index contributed by atoms with van der Waals surface area (Å²) in [6, 6.07) is 7.52. The number of ether oxygens (including phenoxy) is 3. The Kier molecular flexibility index (Phi) is 7.83. The molecule has 1 aliphatic rings. The Hall–Kier alpha value is -2.82. The molecule has 1 unspecified atom stereocenters. The SMILES string of the molecule is COc1cn(C(CC2CCOCC2)C(=O)OC(C)(C)C)c(=O)cc1-c1cc(Cl)ccc1C#N. The number of carbonyl (C=O) groups excluding carboxylic acids is 1. The van der Waals surface area contributed by atoms with E-state index in [1.807, 2.05) is 0 Å². The number of hydrogen-bond donors (Lipinski definition) is 0. The van der Waals surface area contributed by atoms with Gasteiger partial charge in [-0.2, -0.15) is 5.26 Å². The lowest BCUT2D eigenvalue weighted by molar-refractivity contribution is -0.160. The van der Waals surface area contributed by atoms with Crippen molar-refractivity contribution in [2.24, 2.45) is 5.92 Å². The van der Waals surface area contributed by atoms with Crippen LogP contribution in [-0.4, -0.2) is 36.5 Å². The molecule has 0 saturated carbocycles. The first kappa shape index (κ1) is 24.8. The number of aromatic nitrogens is 1. The van der Waals surface area contributed by atoms with Gasteiger partial charge in [-0.25, -0.2) is 4.79 Å². The molecular weight excluding hydrogens is 444 g/mol. The van der Waals surface area contributed by atoms with E-state index in [1.165, 1.54) is 23.9 Å². The van der Waals surface area contributed by atoms with E-state index in [-0.39, 0.29) is 5.92 Å². The first-order valence-corrected chi connectivity index (χ1v) is 11.3. The summed E-state index contributed by atoms with van der Waals surface area (Å²) < 4.78 is 18.1. The van der Waals surface area contributed by atoms with Crippen molar-refractivity contribution in [3.05, 3.63) is 51.4 Å². The Morgan fingerprint density at radius 3 is 2.58 bits per heavy atom. The second-order valence-corrected chi connectivity index (χ2v) is 9.58. The highest BCUT2D eigenvalue weighted by molar-refractivity contribution is 6.31. The Morgan fingerprint density at radius 2 is 1.97 bits per heavy atom. The molecule has 1 aromatic carbocycles. The number of esters is 1. The zero-order valence-electron chi connectivity index (χ0n) is 19.4. The molecule has 0 bridgehead atoms. The van der Waals surface area contributed by atoms with E-state index >= 15 is 0 Å². The molecule has 2 heterocycles. The molecule has 0 spiro atoms. The van der Waals surface area contributed by atoms with Crippen molar-refractivity contribution < 1.29 is 19.0 Å². The van der Waals surface area contributed by atoms with Crippen LogP contribution in [0.2, 0.25) is 5.02 Å². The predicted octanol–water partition coefficient (Wildman–Crippen LogP) is 4.75. The third kappa shape index (κ3) is 6.16. The van der Waals surface area contributed by atoms with Crippen molar-refractivity contribution in [1.29, 1.82) is 5.26 Å². The van der Waals surface area contributed by atoms with E-state index < -0.39 is 23.2 Å². The van der Waals surface area contributed by atoms with Crippen LogP contribution in [-0.2, 0) is 14.3 Å². The first-order chi connectivity index (χ1) is 15.6. The summed E-state index contributed by atoms with van der Waals surface area (Å²) in [5.74, 6) is 0.118. The maximum Gasteiger partial charge on any atom is 0.329 e. The maximum atomic E-state index is 13.3. The molecule has 2 aromatic rings. The number of nitrogens with zero attached hydrogens (tertiary/aromatic N) is 2. The lowest BCUT2D eigenvalue weighted by atomic mass is 9.92. The number of carbonyl (C=O) groups is 1. The molecule has 1 aromatic heterocycles. The number of rotatable bonds is 6. The summed E-state index contributed by atoms with van der Waals surface area (Å²) >= 11 is 6.15. The van der Waals surface area contributed by atoms with Gasteiger partial charge in [0.2, 0.25) is 0 Å². The second kappa shape index (κ2) is 10.4. The summed E-state index contributed by atoms with van der Waals surface area (Å²) in [5, 5.41) is 9.95. The molecule has 1 atom stereocenters. The van der Waals surface area contributed by atoms with Crippen molar-refractivity contribution in [1.82, 2.24) is 4.57 Å². The van der Waals surface area contributed by atoms with Gasteiger partial charge in [-0.05, 0) is 64.2 Å². The lowest BCUT2D eigenvalue weighted by Gasteiger charge is -2.29. The van der Waals surface area contributed by atoms with E-state index in [1.54, 1.807) is 39.0 Å². The molecular formula is C25H29ClN2O5. The molecule has 7 nitrogen and oxygen atoms in total. The van der Waals surface area contributed by atoms with Crippen LogP contribution < -0.4 is 10.3 Å². The van der Waals surface area contributed by atoms with Gasteiger partial charge in [0.05, 0.1) is 24.9 Å². The standard InChI is InChI=1S/C25H29ClN2O5/c1-25(2,3)33-24(30)21(11-16-7-9-32-10-8-16)28-15-22(31-4)20(13-23(28)29)19-12-18(26)6-5-17(19)14-27/h5-6,12-13,15-16,21H,7-11H2,1-4H3. The third-order valence-corrected chi connectivity index (χ3v) is 5.80. The molecule has 1 aliphatic heterocycles. The lowest BCUT2D eigenvalue weighted by Crippen LogP contribution is -2.36. The smallest absolute Gasteiger partial charge is 0.329 e. The number of nitriles is 1. The van der Waals surface area contributed by atoms with Crippen LogP contribution in [0.15, 0.2) is 35.3 Å². The maximum absolute atomic E-state index is 13.3. The highest BCUT2D eigenvalue weighted by atomic mass is 35.5. The zero-order valence-corrected chi connectivity index (χ0v) is 20.1. The van der Waals surface area contributed by atoms with E-state index in [4.69, 9.17) is 25.8 Å². The summed E-state index contributed by atoms with van der Waals surface area (Å²) in [6.45, 7) is 6.66. The Labute approximate surface area is 198 Å². The van der Waals surface area contributed by atoms with Crippen LogP contribution in [0.4, 0.5) is 0 Å². The van der Waals surface area contributed by atoms with Crippen LogP contribution in [0.1, 0.15) is 51.6 Å². The van der Waals surface area contributed by atoms with E-state index in [0.717, 1.165) is 12.8 Å². The number of benzene rings is 1. The van der Waals surface area contributed by atoms with Crippen molar-refractivity contribution in [3.8, 4) is 22.9 Å². The fourth-order valence-corrected chi connectivity index (χ4v) is 4.15. The van der Waals surface area contributed by atoms with Gasteiger partial charge in [0, 0.05) is 35.4 Å².